The lowest BCUT2D eigenvalue weighted by atomic mass is 10.2. The zero-order chi connectivity index (χ0) is 19.2. The predicted octanol–water partition coefficient (Wildman–Crippen LogP) is 3.45. The number of carbonyl (C=O) groups excluding carboxylic acids is 1. The summed E-state index contributed by atoms with van der Waals surface area (Å²) >= 11 is 5.95. The van der Waals surface area contributed by atoms with Gasteiger partial charge in [-0.25, -0.2) is 8.42 Å². The van der Waals surface area contributed by atoms with Gasteiger partial charge in [-0.3, -0.25) is 4.79 Å². The van der Waals surface area contributed by atoms with E-state index in [9.17, 15) is 13.2 Å². The molecule has 2 rings (SSSR count). The van der Waals surface area contributed by atoms with Gasteiger partial charge in [0.1, 0.15) is 0 Å². The van der Waals surface area contributed by atoms with Gasteiger partial charge in [0.25, 0.3) is 0 Å². The van der Waals surface area contributed by atoms with E-state index in [1.54, 1.807) is 12.1 Å². The number of hydrogen-bond acceptors (Lipinski definition) is 3. The summed E-state index contributed by atoms with van der Waals surface area (Å²) < 4.78 is 27.3. The fourth-order valence-corrected chi connectivity index (χ4v) is 4.06. The highest BCUT2D eigenvalue weighted by molar-refractivity contribution is 7.89. The number of carbonyl (C=O) groups is 1. The molecule has 0 aliphatic heterocycles. The second-order valence-corrected chi connectivity index (χ2v) is 8.47. The zero-order valence-electron chi connectivity index (χ0n) is 14.9. The Morgan fingerprint density at radius 2 is 1.85 bits per heavy atom. The van der Waals surface area contributed by atoms with E-state index in [0.717, 1.165) is 12.0 Å². The number of benzene rings is 2. The van der Waals surface area contributed by atoms with Crippen molar-refractivity contribution in [1.29, 1.82) is 0 Å². The Labute approximate surface area is 160 Å². The van der Waals surface area contributed by atoms with Gasteiger partial charge in [0, 0.05) is 17.6 Å². The Balaban J connectivity index is 2.31. The fraction of sp³-hybridized carbons (Fsp3) is 0.316. The lowest BCUT2D eigenvalue weighted by Gasteiger charge is -2.23. The molecule has 0 aromatic heterocycles. The molecule has 0 saturated carbocycles. The normalized spacial score (nSPS) is 12.8. The van der Waals surface area contributed by atoms with Crippen LogP contribution in [0.3, 0.4) is 0 Å². The van der Waals surface area contributed by atoms with Crippen LogP contribution in [-0.4, -0.2) is 31.2 Å². The van der Waals surface area contributed by atoms with Gasteiger partial charge in [-0.15, -0.1) is 0 Å². The number of nitrogens with zero attached hydrogens (tertiary/aromatic N) is 1. The first-order valence-electron chi connectivity index (χ1n) is 8.42. The summed E-state index contributed by atoms with van der Waals surface area (Å²) in [5.41, 5.74) is 0.800. The molecule has 0 fully saturated rings. The first kappa shape index (κ1) is 20.4. The summed E-state index contributed by atoms with van der Waals surface area (Å²) in [5, 5.41) is 3.14. The van der Waals surface area contributed by atoms with Crippen LogP contribution in [0.4, 0.5) is 0 Å². The number of nitrogens with one attached hydrogen (secondary N) is 1. The fourth-order valence-electron chi connectivity index (χ4n) is 2.37. The quantitative estimate of drug-likeness (QED) is 0.745. The smallest absolute Gasteiger partial charge is 0.243 e. The number of amides is 1. The van der Waals surface area contributed by atoms with Crippen molar-refractivity contribution in [3.05, 3.63) is 65.2 Å². The molecule has 2 aromatic rings. The first-order valence-corrected chi connectivity index (χ1v) is 10.2. The lowest BCUT2D eigenvalue weighted by molar-refractivity contribution is -0.122. The maximum Gasteiger partial charge on any atom is 0.243 e. The van der Waals surface area contributed by atoms with Crippen LogP contribution in [0.5, 0.6) is 0 Å². The van der Waals surface area contributed by atoms with Crippen LogP contribution in [-0.2, 0) is 21.4 Å². The number of halogens is 1. The maximum absolute atomic E-state index is 13.1. The standard InChI is InChI=1S/C19H23ClN2O3S/c1-3-15(2)21-19(23)14-22(13-16-8-5-4-6-9-16)26(24,25)18-11-7-10-17(20)12-18/h4-12,15H,3,13-14H2,1-2H3,(H,21,23). The van der Waals surface area contributed by atoms with E-state index >= 15 is 0 Å². The molecule has 0 aliphatic rings. The monoisotopic (exact) mass is 394 g/mol. The molecule has 7 heteroatoms. The summed E-state index contributed by atoms with van der Waals surface area (Å²) in [6.07, 6.45) is 0.769. The molecule has 5 nitrogen and oxygen atoms in total. The molecule has 0 spiro atoms. The van der Waals surface area contributed by atoms with Crippen molar-refractivity contribution >= 4 is 27.5 Å². The molecule has 0 heterocycles. The lowest BCUT2D eigenvalue weighted by Crippen LogP contribution is -2.43. The highest BCUT2D eigenvalue weighted by Gasteiger charge is 2.27. The van der Waals surface area contributed by atoms with Gasteiger partial charge in [0.15, 0.2) is 0 Å². The van der Waals surface area contributed by atoms with Crippen molar-refractivity contribution in [1.82, 2.24) is 9.62 Å². The van der Waals surface area contributed by atoms with E-state index in [0.29, 0.717) is 5.02 Å². The van der Waals surface area contributed by atoms with E-state index in [1.807, 2.05) is 44.2 Å². The van der Waals surface area contributed by atoms with Crippen molar-refractivity contribution in [3.8, 4) is 0 Å². The van der Waals surface area contributed by atoms with Crippen molar-refractivity contribution in [2.45, 2.75) is 37.8 Å². The van der Waals surface area contributed by atoms with E-state index in [-0.39, 0.29) is 29.9 Å². The van der Waals surface area contributed by atoms with Crippen LogP contribution in [0, 0.1) is 0 Å². The number of rotatable bonds is 8. The highest BCUT2D eigenvalue weighted by atomic mass is 35.5. The molecule has 1 unspecified atom stereocenters. The Morgan fingerprint density at radius 3 is 2.46 bits per heavy atom. The van der Waals surface area contributed by atoms with Crippen LogP contribution in [0.15, 0.2) is 59.5 Å². The minimum absolute atomic E-state index is 0.0186. The van der Waals surface area contributed by atoms with Crippen LogP contribution < -0.4 is 5.32 Å². The van der Waals surface area contributed by atoms with Crippen molar-refractivity contribution in [2.75, 3.05) is 6.54 Å². The van der Waals surface area contributed by atoms with Crippen LogP contribution >= 0.6 is 11.6 Å². The molecular weight excluding hydrogens is 372 g/mol. The maximum atomic E-state index is 13.1. The second-order valence-electron chi connectivity index (χ2n) is 6.09. The Morgan fingerprint density at radius 1 is 1.15 bits per heavy atom. The molecule has 2 aromatic carbocycles. The average Bonchev–Trinajstić information content (AvgIpc) is 2.61. The third-order valence-corrected chi connectivity index (χ3v) is 6.00. The molecule has 26 heavy (non-hydrogen) atoms. The van der Waals surface area contributed by atoms with Gasteiger partial charge in [0.05, 0.1) is 11.4 Å². The minimum Gasteiger partial charge on any atom is -0.353 e. The SMILES string of the molecule is CCC(C)NC(=O)CN(Cc1ccccc1)S(=O)(=O)c1cccc(Cl)c1. The van der Waals surface area contributed by atoms with E-state index < -0.39 is 10.0 Å². The van der Waals surface area contributed by atoms with Gasteiger partial charge in [-0.1, -0.05) is 54.9 Å². The van der Waals surface area contributed by atoms with Gasteiger partial charge < -0.3 is 5.32 Å². The molecule has 1 amide bonds. The van der Waals surface area contributed by atoms with Gasteiger partial charge in [-0.2, -0.15) is 4.31 Å². The molecule has 0 aliphatic carbocycles. The third-order valence-electron chi connectivity index (χ3n) is 3.98. The minimum atomic E-state index is -3.87. The predicted molar refractivity (Wildman–Crippen MR) is 103 cm³/mol. The summed E-state index contributed by atoms with van der Waals surface area (Å²) in [4.78, 5) is 12.4. The van der Waals surface area contributed by atoms with E-state index in [2.05, 4.69) is 5.32 Å². The van der Waals surface area contributed by atoms with Crippen LogP contribution in [0.1, 0.15) is 25.8 Å². The van der Waals surface area contributed by atoms with Gasteiger partial charge >= 0.3 is 0 Å². The number of hydrogen-bond donors (Lipinski definition) is 1. The second kappa shape index (κ2) is 9.16. The Bertz CT molecular complexity index is 841. The summed E-state index contributed by atoms with van der Waals surface area (Å²) in [7, 11) is -3.87. The summed E-state index contributed by atoms with van der Waals surface area (Å²) in [5.74, 6) is -0.333. The van der Waals surface area contributed by atoms with Crippen LogP contribution in [0.25, 0.3) is 0 Å². The summed E-state index contributed by atoms with van der Waals surface area (Å²) in [6, 6.07) is 15.2. The molecule has 0 radical (unpaired) electrons. The molecule has 1 N–H and O–H groups in total. The first-order chi connectivity index (χ1) is 12.3. The molecular formula is C19H23ClN2O3S. The number of sulfonamides is 1. The van der Waals surface area contributed by atoms with Crippen LogP contribution in [0.2, 0.25) is 5.02 Å². The average molecular weight is 395 g/mol. The van der Waals surface area contributed by atoms with Crippen molar-refractivity contribution in [3.63, 3.8) is 0 Å². The zero-order valence-corrected chi connectivity index (χ0v) is 16.4. The third kappa shape index (κ3) is 5.56. The Hall–Kier alpha value is -1.89. The van der Waals surface area contributed by atoms with Crippen molar-refractivity contribution in [2.24, 2.45) is 0 Å². The highest BCUT2D eigenvalue weighted by Crippen LogP contribution is 2.21. The molecule has 0 bridgehead atoms. The molecule has 140 valence electrons. The van der Waals surface area contributed by atoms with Gasteiger partial charge in [-0.05, 0) is 37.1 Å². The topological polar surface area (TPSA) is 66.5 Å². The van der Waals surface area contributed by atoms with Crippen molar-refractivity contribution < 1.29 is 13.2 Å². The molecule has 1 atom stereocenters. The summed E-state index contributed by atoms with van der Waals surface area (Å²) in [6.45, 7) is 3.68. The Kier molecular flexibility index (Phi) is 7.20. The largest absolute Gasteiger partial charge is 0.353 e. The van der Waals surface area contributed by atoms with Gasteiger partial charge in [0.2, 0.25) is 15.9 Å². The van der Waals surface area contributed by atoms with E-state index in [1.165, 1.54) is 16.4 Å². The molecule has 0 saturated heterocycles. The van der Waals surface area contributed by atoms with E-state index in [4.69, 9.17) is 11.6 Å².